The highest BCUT2D eigenvalue weighted by Gasteiger charge is 2.32. The van der Waals surface area contributed by atoms with Crippen LogP contribution in [0.1, 0.15) is 39.5 Å². The normalized spacial score (nSPS) is 28.4. The first-order valence-corrected chi connectivity index (χ1v) is 7.63. The number of rotatable bonds is 5. The molecule has 0 spiro atoms. The Morgan fingerprint density at radius 2 is 2.05 bits per heavy atom. The summed E-state index contributed by atoms with van der Waals surface area (Å²) in [5.41, 5.74) is 0. The summed E-state index contributed by atoms with van der Waals surface area (Å²) in [6.45, 7) is 7.81. The highest BCUT2D eigenvalue weighted by atomic mass is 16.5. The van der Waals surface area contributed by atoms with Crippen molar-refractivity contribution in [3.63, 3.8) is 0 Å². The molecule has 2 aliphatic rings. The molecule has 0 aromatic heterocycles. The highest BCUT2D eigenvalue weighted by molar-refractivity contribution is 5.67. The van der Waals surface area contributed by atoms with Crippen molar-refractivity contribution in [2.24, 2.45) is 17.8 Å². The Morgan fingerprint density at radius 3 is 2.63 bits per heavy atom. The van der Waals surface area contributed by atoms with E-state index in [0.717, 1.165) is 31.3 Å². The summed E-state index contributed by atoms with van der Waals surface area (Å²) in [5.74, 6) is 2.38. The van der Waals surface area contributed by atoms with Gasteiger partial charge in [-0.05, 0) is 30.6 Å². The minimum atomic E-state index is -0.290. The lowest BCUT2D eigenvalue weighted by Gasteiger charge is -2.38. The first-order valence-electron chi connectivity index (χ1n) is 7.63. The predicted octanol–water partition coefficient (Wildman–Crippen LogP) is 2.49. The number of carbonyl (C=O) groups excluding carboxylic acids is 1. The van der Waals surface area contributed by atoms with E-state index in [1.54, 1.807) is 0 Å². The Labute approximate surface area is 116 Å². The van der Waals surface area contributed by atoms with E-state index < -0.39 is 0 Å². The Balaban J connectivity index is 1.88. The molecular formula is C15H28N2O2. The van der Waals surface area contributed by atoms with Crippen LogP contribution in [0.3, 0.4) is 0 Å². The van der Waals surface area contributed by atoms with Crippen molar-refractivity contribution in [1.29, 1.82) is 0 Å². The van der Waals surface area contributed by atoms with Crippen LogP contribution in [0.2, 0.25) is 0 Å². The average molecular weight is 268 g/mol. The van der Waals surface area contributed by atoms with E-state index in [2.05, 4.69) is 24.1 Å². The molecule has 2 rings (SSSR count). The second-order valence-corrected chi connectivity index (χ2v) is 6.73. The third kappa shape index (κ3) is 5.01. The van der Waals surface area contributed by atoms with Gasteiger partial charge in [-0.15, -0.1) is 0 Å². The number of methoxy groups -OCH3 is 1. The number of amides is 1. The van der Waals surface area contributed by atoms with Gasteiger partial charge in [-0.1, -0.05) is 26.7 Å². The van der Waals surface area contributed by atoms with Crippen molar-refractivity contribution in [2.75, 3.05) is 26.7 Å². The maximum Gasteiger partial charge on any atom is 0.407 e. The van der Waals surface area contributed by atoms with E-state index >= 15 is 0 Å². The fourth-order valence-electron chi connectivity index (χ4n) is 3.29. The fourth-order valence-corrected chi connectivity index (χ4v) is 3.29. The van der Waals surface area contributed by atoms with Crippen LogP contribution in [0.15, 0.2) is 0 Å². The van der Waals surface area contributed by atoms with Crippen LogP contribution < -0.4 is 5.32 Å². The molecule has 0 aromatic carbocycles. The molecular weight excluding hydrogens is 240 g/mol. The summed E-state index contributed by atoms with van der Waals surface area (Å²) >= 11 is 0. The topological polar surface area (TPSA) is 41.6 Å². The van der Waals surface area contributed by atoms with Crippen molar-refractivity contribution in [3.05, 3.63) is 0 Å². The van der Waals surface area contributed by atoms with E-state index in [-0.39, 0.29) is 12.1 Å². The van der Waals surface area contributed by atoms with Crippen molar-refractivity contribution in [3.8, 4) is 0 Å². The SMILES string of the molecule is COC(=O)NC1CC(CC2CC2)CN(CC(C)C)C1. The smallest absolute Gasteiger partial charge is 0.407 e. The molecule has 1 aliphatic carbocycles. The molecule has 0 radical (unpaired) electrons. The molecule has 1 amide bonds. The predicted molar refractivity (Wildman–Crippen MR) is 76.1 cm³/mol. The number of piperidine rings is 1. The number of likely N-dealkylation sites (tertiary alicyclic amines) is 1. The maximum absolute atomic E-state index is 11.4. The second-order valence-electron chi connectivity index (χ2n) is 6.73. The highest BCUT2D eigenvalue weighted by Crippen LogP contribution is 2.37. The molecule has 1 saturated carbocycles. The van der Waals surface area contributed by atoms with Gasteiger partial charge < -0.3 is 15.0 Å². The van der Waals surface area contributed by atoms with Crippen molar-refractivity contribution >= 4 is 6.09 Å². The van der Waals surface area contributed by atoms with E-state index in [4.69, 9.17) is 4.74 Å². The molecule has 110 valence electrons. The Morgan fingerprint density at radius 1 is 1.32 bits per heavy atom. The molecule has 2 unspecified atom stereocenters. The molecule has 1 N–H and O–H groups in total. The minimum Gasteiger partial charge on any atom is -0.453 e. The van der Waals surface area contributed by atoms with Gasteiger partial charge in [0.1, 0.15) is 0 Å². The largest absolute Gasteiger partial charge is 0.453 e. The van der Waals surface area contributed by atoms with Gasteiger partial charge in [0.15, 0.2) is 0 Å². The summed E-state index contributed by atoms with van der Waals surface area (Å²) in [6.07, 6.45) is 4.99. The Kier molecular flexibility index (Phi) is 5.08. The molecule has 19 heavy (non-hydrogen) atoms. The van der Waals surface area contributed by atoms with Crippen LogP contribution >= 0.6 is 0 Å². The van der Waals surface area contributed by atoms with Gasteiger partial charge in [0.2, 0.25) is 0 Å². The van der Waals surface area contributed by atoms with Crippen molar-refractivity contribution in [2.45, 2.75) is 45.6 Å². The molecule has 0 aromatic rings. The number of nitrogens with one attached hydrogen (secondary N) is 1. The van der Waals surface area contributed by atoms with E-state index in [9.17, 15) is 4.79 Å². The minimum absolute atomic E-state index is 0.253. The monoisotopic (exact) mass is 268 g/mol. The van der Waals surface area contributed by atoms with Gasteiger partial charge in [0.25, 0.3) is 0 Å². The molecule has 1 heterocycles. The standard InChI is InChI=1S/C15H28N2O2/c1-11(2)8-17-9-13(6-12-4-5-12)7-14(10-17)16-15(18)19-3/h11-14H,4-10H2,1-3H3,(H,16,18). The van der Waals surface area contributed by atoms with Gasteiger partial charge in [0, 0.05) is 25.7 Å². The maximum atomic E-state index is 11.4. The van der Waals surface area contributed by atoms with Crippen LogP contribution in [-0.2, 0) is 4.74 Å². The number of carbonyl (C=O) groups is 1. The van der Waals surface area contributed by atoms with Crippen LogP contribution in [0.4, 0.5) is 4.79 Å². The van der Waals surface area contributed by atoms with Crippen molar-refractivity contribution in [1.82, 2.24) is 10.2 Å². The average Bonchev–Trinajstić information content (AvgIpc) is 3.11. The lowest BCUT2D eigenvalue weighted by atomic mass is 9.89. The second kappa shape index (κ2) is 6.60. The van der Waals surface area contributed by atoms with Gasteiger partial charge >= 0.3 is 6.09 Å². The Hall–Kier alpha value is -0.770. The lowest BCUT2D eigenvalue weighted by molar-refractivity contribution is 0.111. The molecule has 4 heteroatoms. The third-order valence-electron chi connectivity index (χ3n) is 4.11. The molecule has 2 atom stereocenters. The summed E-state index contributed by atoms with van der Waals surface area (Å²) in [5, 5.41) is 2.99. The zero-order chi connectivity index (χ0) is 13.8. The number of hydrogen-bond donors (Lipinski definition) is 1. The summed E-state index contributed by atoms with van der Waals surface area (Å²) in [7, 11) is 1.44. The zero-order valence-corrected chi connectivity index (χ0v) is 12.5. The molecule has 1 saturated heterocycles. The van der Waals surface area contributed by atoms with Crippen LogP contribution in [0.25, 0.3) is 0 Å². The fraction of sp³-hybridized carbons (Fsp3) is 0.933. The van der Waals surface area contributed by atoms with Crippen LogP contribution in [0, 0.1) is 17.8 Å². The van der Waals surface area contributed by atoms with E-state index in [1.807, 2.05) is 0 Å². The number of nitrogens with zero attached hydrogens (tertiary/aromatic N) is 1. The molecule has 1 aliphatic heterocycles. The quantitative estimate of drug-likeness (QED) is 0.833. The molecule has 2 fully saturated rings. The molecule has 4 nitrogen and oxygen atoms in total. The number of ether oxygens (including phenoxy) is 1. The van der Waals surface area contributed by atoms with E-state index in [1.165, 1.54) is 32.9 Å². The summed E-state index contributed by atoms with van der Waals surface area (Å²) in [6, 6.07) is 0.253. The van der Waals surface area contributed by atoms with Gasteiger partial charge in [-0.25, -0.2) is 4.79 Å². The van der Waals surface area contributed by atoms with Crippen LogP contribution in [-0.4, -0.2) is 43.8 Å². The van der Waals surface area contributed by atoms with E-state index in [0.29, 0.717) is 5.92 Å². The Bertz CT molecular complexity index is 291. The lowest BCUT2D eigenvalue weighted by Crippen LogP contribution is -2.51. The third-order valence-corrected chi connectivity index (χ3v) is 4.11. The first-order chi connectivity index (χ1) is 9.06. The van der Waals surface area contributed by atoms with Crippen LogP contribution in [0.5, 0.6) is 0 Å². The van der Waals surface area contributed by atoms with Gasteiger partial charge in [0.05, 0.1) is 7.11 Å². The van der Waals surface area contributed by atoms with Crippen molar-refractivity contribution < 1.29 is 9.53 Å². The van der Waals surface area contributed by atoms with Gasteiger partial charge in [-0.3, -0.25) is 0 Å². The summed E-state index contributed by atoms with van der Waals surface area (Å²) in [4.78, 5) is 13.9. The number of alkyl carbamates (subject to hydrolysis) is 1. The summed E-state index contributed by atoms with van der Waals surface area (Å²) < 4.78 is 4.73. The number of hydrogen-bond acceptors (Lipinski definition) is 3. The zero-order valence-electron chi connectivity index (χ0n) is 12.5. The first kappa shape index (κ1) is 14.6. The van der Waals surface area contributed by atoms with Gasteiger partial charge in [-0.2, -0.15) is 0 Å². The molecule has 0 bridgehead atoms.